The molecule has 41 heavy (non-hydrogen) atoms. The highest BCUT2D eigenvalue weighted by molar-refractivity contribution is 5.75. The van der Waals surface area contributed by atoms with E-state index in [2.05, 4.69) is 103 Å². The molecular formula is C40H56O. The highest BCUT2D eigenvalue weighted by Gasteiger charge is 2.24. The van der Waals surface area contributed by atoms with E-state index in [1.165, 1.54) is 89.5 Å². The van der Waals surface area contributed by atoms with Gasteiger partial charge in [-0.2, -0.15) is 0 Å². The largest absolute Gasteiger partial charge is 0.493 e. The van der Waals surface area contributed by atoms with Crippen molar-refractivity contribution in [1.82, 2.24) is 0 Å². The fourth-order valence-corrected chi connectivity index (χ4v) is 7.16. The molecule has 0 unspecified atom stereocenters. The smallest absolute Gasteiger partial charge is 0.125 e. The summed E-state index contributed by atoms with van der Waals surface area (Å²) in [5.74, 6) is 2.78. The normalized spacial score (nSPS) is 17.5. The van der Waals surface area contributed by atoms with Gasteiger partial charge in [0.2, 0.25) is 0 Å². The van der Waals surface area contributed by atoms with Crippen LogP contribution in [0.4, 0.5) is 0 Å². The Balaban J connectivity index is 1.57. The molecule has 1 saturated carbocycles. The molecule has 1 nitrogen and oxygen atoms in total. The Hall–Kier alpha value is -2.54. The molecule has 3 aromatic carbocycles. The maximum Gasteiger partial charge on any atom is 0.125 e. The molecule has 0 heterocycles. The Kier molecular flexibility index (Phi) is 11.2. The van der Waals surface area contributed by atoms with Crippen LogP contribution in [0.25, 0.3) is 22.3 Å². The summed E-state index contributed by atoms with van der Waals surface area (Å²) in [6.07, 6.45) is 13.2. The highest BCUT2D eigenvalue weighted by Crippen LogP contribution is 2.39. The molecule has 0 amide bonds. The summed E-state index contributed by atoms with van der Waals surface area (Å²) in [6.45, 7) is 17.0. The number of hydrogen-bond acceptors (Lipinski definition) is 1. The van der Waals surface area contributed by atoms with Gasteiger partial charge in [0, 0.05) is 0 Å². The highest BCUT2D eigenvalue weighted by atomic mass is 16.5. The van der Waals surface area contributed by atoms with Crippen molar-refractivity contribution in [2.75, 3.05) is 6.61 Å². The van der Waals surface area contributed by atoms with E-state index >= 15 is 0 Å². The van der Waals surface area contributed by atoms with Gasteiger partial charge in [-0.3, -0.25) is 0 Å². The van der Waals surface area contributed by atoms with Crippen LogP contribution in [0.1, 0.15) is 128 Å². The molecule has 0 radical (unpaired) electrons. The molecule has 0 N–H and O–H groups in total. The summed E-state index contributed by atoms with van der Waals surface area (Å²) in [5, 5.41) is 0. The van der Waals surface area contributed by atoms with Crippen LogP contribution in [0.5, 0.6) is 5.75 Å². The Morgan fingerprint density at radius 3 is 1.71 bits per heavy atom. The van der Waals surface area contributed by atoms with Gasteiger partial charge in [-0.1, -0.05) is 123 Å². The van der Waals surface area contributed by atoms with Gasteiger partial charge in [0.15, 0.2) is 0 Å². The summed E-state index contributed by atoms with van der Waals surface area (Å²) in [4.78, 5) is 0. The monoisotopic (exact) mass is 552 g/mol. The Bertz CT molecular complexity index is 1210. The third-order valence-corrected chi connectivity index (χ3v) is 10.7. The third kappa shape index (κ3) is 7.28. The van der Waals surface area contributed by atoms with Crippen molar-refractivity contribution in [1.29, 1.82) is 0 Å². The SMILES string of the molecule is CCc1cc(-c2cc(CC)c(OCCC(CC)(CC)CC)c(CC)c2)ccc1-c1ccc(C2CCC(C)CC2)cc1. The van der Waals surface area contributed by atoms with Crippen molar-refractivity contribution in [3.63, 3.8) is 0 Å². The minimum atomic E-state index is 0.409. The first-order chi connectivity index (χ1) is 19.9. The molecule has 1 heteroatoms. The molecule has 0 saturated heterocycles. The summed E-state index contributed by atoms with van der Waals surface area (Å²) < 4.78 is 6.58. The Morgan fingerprint density at radius 1 is 0.634 bits per heavy atom. The van der Waals surface area contributed by atoms with Gasteiger partial charge >= 0.3 is 0 Å². The molecule has 1 aliphatic rings. The molecule has 0 bridgehead atoms. The average Bonchev–Trinajstić information content (AvgIpc) is 3.03. The first-order valence-electron chi connectivity index (χ1n) is 16.9. The van der Waals surface area contributed by atoms with Gasteiger partial charge < -0.3 is 4.74 Å². The van der Waals surface area contributed by atoms with Gasteiger partial charge in [0.1, 0.15) is 5.75 Å². The Labute approximate surface area is 252 Å². The minimum absolute atomic E-state index is 0.409. The van der Waals surface area contributed by atoms with Crippen LogP contribution in [0.2, 0.25) is 0 Å². The summed E-state index contributed by atoms with van der Waals surface area (Å²) >= 11 is 0. The first-order valence-corrected chi connectivity index (χ1v) is 16.9. The second-order valence-corrected chi connectivity index (χ2v) is 12.8. The molecule has 0 atom stereocenters. The van der Waals surface area contributed by atoms with E-state index in [1.54, 1.807) is 0 Å². The standard InChI is InChI=1S/C40H56O/c1-8-30-26-36(22-23-38(30)35-20-18-34(19-21-35)33-16-14-29(7)15-17-33)37-27-31(9-2)39(32(10-3)28-37)41-25-24-40(11-4,12-5)13-6/h18-23,26-29,33H,8-17,24-25H2,1-7H3. The maximum atomic E-state index is 6.58. The van der Waals surface area contributed by atoms with E-state index in [0.717, 1.165) is 49.9 Å². The maximum absolute atomic E-state index is 6.58. The molecule has 0 aromatic heterocycles. The van der Waals surface area contributed by atoms with Gasteiger partial charge in [-0.05, 0) is 112 Å². The van der Waals surface area contributed by atoms with Gasteiger partial charge in [0.05, 0.1) is 6.61 Å². The van der Waals surface area contributed by atoms with Crippen molar-refractivity contribution in [3.8, 4) is 28.0 Å². The number of rotatable bonds is 13. The van der Waals surface area contributed by atoms with Gasteiger partial charge in [0.25, 0.3) is 0 Å². The van der Waals surface area contributed by atoms with E-state index in [-0.39, 0.29) is 0 Å². The van der Waals surface area contributed by atoms with Crippen LogP contribution >= 0.6 is 0 Å². The lowest BCUT2D eigenvalue weighted by Crippen LogP contribution is -2.21. The van der Waals surface area contributed by atoms with E-state index < -0.39 is 0 Å². The van der Waals surface area contributed by atoms with Crippen molar-refractivity contribution in [2.24, 2.45) is 11.3 Å². The molecule has 1 aliphatic carbocycles. The molecule has 222 valence electrons. The predicted octanol–water partition coefficient (Wildman–Crippen LogP) is 12.0. The molecule has 4 rings (SSSR count). The number of benzene rings is 3. The zero-order valence-electron chi connectivity index (χ0n) is 27.2. The number of aryl methyl sites for hydroxylation is 3. The minimum Gasteiger partial charge on any atom is -0.493 e. The molecule has 0 spiro atoms. The van der Waals surface area contributed by atoms with Crippen molar-refractivity contribution >= 4 is 0 Å². The Morgan fingerprint density at radius 2 is 1.17 bits per heavy atom. The van der Waals surface area contributed by atoms with Gasteiger partial charge in [-0.25, -0.2) is 0 Å². The van der Waals surface area contributed by atoms with E-state index in [9.17, 15) is 0 Å². The summed E-state index contributed by atoms with van der Waals surface area (Å²) in [7, 11) is 0. The second kappa shape index (κ2) is 14.6. The third-order valence-electron chi connectivity index (χ3n) is 10.7. The summed E-state index contributed by atoms with van der Waals surface area (Å²) in [6, 6.07) is 21.4. The van der Waals surface area contributed by atoms with Crippen molar-refractivity contribution in [2.45, 2.75) is 125 Å². The van der Waals surface area contributed by atoms with Crippen LogP contribution in [0.3, 0.4) is 0 Å². The lowest BCUT2D eigenvalue weighted by Gasteiger charge is -2.30. The summed E-state index contributed by atoms with van der Waals surface area (Å²) in [5.41, 5.74) is 11.4. The molecular weight excluding hydrogens is 496 g/mol. The van der Waals surface area contributed by atoms with Gasteiger partial charge in [-0.15, -0.1) is 0 Å². The lowest BCUT2D eigenvalue weighted by atomic mass is 9.77. The van der Waals surface area contributed by atoms with Crippen LogP contribution < -0.4 is 4.74 Å². The van der Waals surface area contributed by atoms with E-state index in [4.69, 9.17) is 4.74 Å². The van der Waals surface area contributed by atoms with E-state index in [1.807, 2.05) is 0 Å². The zero-order valence-corrected chi connectivity index (χ0v) is 27.2. The second-order valence-electron chi connectivity index (χ2n) is 12.8. The van der Waals surface area contributed by atoms with E-state index in [0.29, 0.717) is 5.41 Å². The number of ether oxygens (including phenoxy) is 1. The molecule has 0 aliphatic heterocycles. The fraction of sp³-hybridized carbons (Fsp3) is 0.550. The molecule has 1 fully saturated rings. The van der Waals surface area contributed by atoms with Crippen molar-refractivity contribution in [3.05, 3.63) is 76.9 Å². The average molecular weight is 553 g/mol. The fourth-order valence-electron chi connectivity index (χ4n) is 7.16. The van der Waals surface area contributed by atoms with Crippen LogP contribution in [0.15, 0.2) is 54.6 Å². The zero-order chi connectivity index (χ0) is 29.4. The lowest BCUT2D eigenvalue weighted by molar-refractivity contribution is 0.172. The van der Waals surface area contributed by atoms with Crippen molar-refractivity contribution < 1.29 is 4.74 Å². The van der Waals surface area contributed by atoms with Crippen LogP contribution in [-0.4, -0.2) is 6.61 Å². The van der Waals surface area contributed by atoms with Crippen LogP contribution in [0, 0.1) is 11.3 Å². The quantitative estimate of drug-likeness (QED) is 0.205. The van der Waals surface area contributed by atoms with Crippen LogP contribution in [-0.2, 0) is 19.3 Å². The number of hydrogen-bond donors (Lipinski definition) is 0. The molecule has 3 aromatic rings. The first kappa shape index (κ1) is 31.4. The predicted molar refractivity (Wildman–Crippen MR) is 179 cm³/mol. The topological polar surface area (TPSA) is 9.23 Å².